The van der Waals surface area contributed by atoms with Gasteiger partial charge in [-0.25, -0.2) is 4.98 Å². The van der Waals surface area contributed by atoms with Gasteiger partial charge in [-0.3, -0.25) is 4.79 Å². The fraction of sp³-hybridized carbons (Fsp3) is 0.333. The van der Waals surface area contributed by atoms with E-state index in [-0.39, 0.29) is 24.5 Å². The lowest BCUT2D eigenvalue weighted by Gasteiger charge is -2.37. The Morgan fingerprint density at radius 2 is 2.17 bits per heavy atom. The average Bonchev–Trinajstić information content (AvgIpc) is 3.18. The molecule has 0 saturated heterocycles. The highest BCUT2D eigenvalue weighted by Gasteiger charge is 2.36. The highest BCUT2D eigenvalue weighted by molar-refractivity contribution is 7.10. The van der Waals surface area contributed by atoms with Crippen molar-refractivity contribution in [3.63, 3.8) is 0 Å². The van der Waals surface area contributed by atoms with Crippen LogP contribution in [0.1, 0.15) is 29.6 Å². The molecule has 4 rings (SSSR count). The fourth-order valence-electron chi connectivity index (χ4n) is 3.26. The van der Waals surface area contributed by atoms with E-state index in [4.69, 9.17) is 0 Å². The molecule has 5 nitrogen and oxygen atoms in total. The third-order valence-corrected chi connectivity index (χ3v) is 5.51. The Hall–Kier alpha value is -2.18. The molecule has 0 radical (unpaired) electrons. The summed E-state index contributed by atoms with van der Waals surface area (Å²) in [6.07, 6.45) is 1.48. The SMILES string of the molecule is O=C(Cc1nc2ccccc2[nH]1)N[C@H](c1cccs1)C1CC(O)C1. The minimum absolute atomic E-state index is 0.0229. The van der Waals surface area contributed by atoms with Crippen LogP contribution in [0, 0.1) is 5.92 Å². The van der Waals surface area contributed by atoms with Crippen molar-refractivity contribution in [1.29, 1.82) is 0 Å². The van der Waals surface area contributed by atoms with Crippen LogP contribution in [0.2, 0.25) is 0 Å². The number of imidazole rings is 1. The van der Waals surface area contributed by atoms with E-state index in [9.17, 15) is 9.90 Å². The van der Waals surface area contributed by atoms with Crippen LogP contribution in [0.15, 0.2) is 41.8 Å². The molecule has 0 aliphatic heterocycles. The lowest BCUT2D eigenvalue weighted by atomic mass is 9.76. The van der Waals surface area contributed by atoms with Crippen LogP contribution in [-0.2, 0) is 11.2 Å². The van der Waals surface area contributed by atoms with Crippen LogP contribution in [0.5, 0.6) is 0 Å². The largest absolute Gasteiger partial charge is 0.393 e. The zero-order valence-electron chi connectivity index (χ0n) is 13.1. The molecule has 0 bridgehead atoms. The Bertz CT molecular complexity index is 804. The van der Waals surface area contributed by atoms with Crippen LogP contribution >= 0.6 is 11.3 Å². The maximum atomic E-state index is 12.5. The van der Waals surface area contributed by atoms with Crippen molar-refractivity contribution in [3.05, 3.63) is 52.5 Å². The first kappa shape index (κ1) is 15.4. The monoisotopic (exact) mass is 341 g/mol. The van der Waals surface area contributed by atoms with Gasteiger partial charge in [0, 0.05) is 4.88 Å². The van der Waals surface area contributed by atoms with E-state index in [2.05, 4.69) is 15.3 Å². The summed E-state index contributed by atoms with van der Waals surface area (Å²) in [4.78, 5) is 21.3. The second-order valence-electron chi connectivity index (χ2n) is 6.32. The van der Waals surface area contributed by atoms with Gasteiger partial charge in [-0.05, 0) is 42.3 Å². The predicted molar refractivity (Wildman–Crippen MR) is 93.7 cm³/mol. The van der Waals surface area contributed by atoms with E-state index in [1.165, 1.54) is 0 Å². The number of aromatic amines is 1. The molecule has 1 saturated carbocycles. The van der Waals surface area contributed by atoms with E-state index in [0.717, 1.165) is 28.8 Å². The van der Waals surface area contributed by atoms with E-state index in [0.29, 0.717) is 11.7 Å². The summed E-state index contributed by atoms with van der Waals surface area (Å²) in [5.41, 5.74) is 1.81. The zero-order chi connectivity index (χ0) is 16.5. The summed E-state index contributed by atoms with van der Waals surface area (Å²) in [5.74, 6) is 0.930. The Balaban J connectivity index is 1.46. The lowest BCUT2D eigenvalue weighted by Crippen LogP contribution is -2.41. The first-order chi connectivity index (χ1) is 11.7. The molecule has 1 amide bonds. The standard InChI is InChI=1S/C18H19N3O2S/c22-12-8-11(9-12)18(15-6-3-7-24-15)21-17(23)10-16-19-13-4-1-2-5-14(13)20-16/h1-7,11-12,18,22H,8-10H2,(H,19,20)(H,21,23)/t11?,12?,18-/m0/s1. The number of H-pyrrole nitrogens is 1. The number of nitrogens with one attached hydrogen (secondary N) is 2. The summed E-state index contributed by atoms with van der Waals surface area (Å²) >= 11 is 1.64. The average molecular weight is 341 g/mol. The number of para-hydroxylation sites is 2. The summed E-state index contributed by atoms with van der Waals surface area (Å²) in [7, 11) is 0. The molecular weight excluding hydrogens is 322 g/mol. The van der Waals surface area contributed by atoms with Crippen LogP contribution in [-0.4, -0.2) is 27.1 Å². The number of hydrogen-bond donors (Lipinski definition) is 3. The molecule has 2 aromatic heterocycles. The molecule has 0 spiro atoms. The molecule has 1 fully saturated rings. The highest BCUT2D eigenvalue weighted by atomic mass is 32.1. The summed E-state index contributed by atoms with van der Waals surface area (Å²) < 4.78 is 0. The van der Waals surface area contributed by atoms with Crippen LogP contribution < -0.4 is 5.32 Å². The van der Waals surface area contributed by atoms with Crippen LogP contribution in [0.4, 0.5) is 0 Å². The number of thiophene rings is 1. The second kappa shape index (κ2) is 6.37. The van der Waals surface area contributed by atoms with E-state index >= 15 is 0 Å². The summed E-state index contributed by atoms with van der Waals surface area (Å²) in [6, 6.07) is 11.8. The topological polar surface area (TPSA) is 78.0 Å². The number of aliphatic hydroxyl groups is 1. The number of amides is 1. The van der Waals surface area contributed by atoms with Crippen molar-refractivity contribution in [2.45, 2.75) is 31.4 Å². The van der Waals surface area contributed by atoms with Gasteiger partial charge in [-0.15, -0.1) is 11.3 Å². The van der Waals surface area contributed by atoms with Crippen molar-refractivity contribution in [2.75, 3.05) is 0 Å². The van der Waals surface area contributed by atoms with Gasteiger partial charge >= 0.3 is 0 Å². The molecule has 1 aliphatic rings. The molecule has 1 atom stereocenters. The number of nitrogens with zero attached hydrogens (tertiary/aromatic N) is 1. The van der Waals surface area contributed by atoms with Gasteiger partial charge in [0.1, 0.15) is 5.82 Å². The summed E-state index contributed by atoms with van der Waals surface area (Å²) in [5, 5.41) is 14.7. The molecule has 3 N–H and O–H groups in total. The Morgan fingerprint density at radius 3 is 2.88 bits per heavy atom. The minimum Gasteiger partial charge on any atom is -0.393 e. The number of rotatable bonds is 5. The quantitative estimate of drug-likeness (QED) is 0.668. The van der Waals surface area contributed by atoms with Gasteiger partial charge in [0.15, 0.2) is 0 Å². The van der Waals surface area contributed by atoms with Crippen molar-refractivity contribution in [1.82, 2.24) is 15.3 Å². The van der Waals surface area contributed by atoms with E-state index in [1.807, 2.05) is 41.8 Å². The van der Waals surface area contributed by atoms with Gasteiger partial charge in [0.05, 0.1) is 29.6 Å². The third kappa shape index (κ3) is 3.07. The number of benzene rings is 1. The molecule has 2 heterocycles. The van der Waals surface area contributed by atoms with Gasteiger partial charge in [0.2, 0.25) is 5.91 Å². The second-order valence-corrected chi connectivity index (χ2v) is 7.30. The highest BCUT2D eigenvalue weighted by Crippen LogP contribution is 2.39. The zero-order valence-corrected chi connectivity index (χ0v) is 13.9. The molecule has 24 heavy (non-hydrogen) atoms. The molecule has 1 aromatic carbocycles. The summed E-state index contributed by atoms with van der Waals surface area (Å²) in [6.45, 7) is 0. The molecule has 0 unspecified atom stereocenters. The van der Waals surface area contributed by atoms with Crippen LogP contribution in [0.3, 0.4) is 0 Å². The van der Waals surface area contributed by atoms with Crippen molar-refractivity contribution in [2.24, 2.45) is 5.92 Å². The van der Waals surface area contributed by atoms with E-state index < -0.39 is 0 Å². The molecular formula is C18H19N3O2S. The number of hydrogen-bond acceptors (Lipinski definition) is 4. The first-order valence-electron chi connectivity index (χ1n) is 8.13. The van der Waals surface area contributed by atoms with E-state index in [1.54, 1.807) is 11.3 Å². The van der Waals surface area contributed by atoms with Gasteiger partial charge in [-0.2, -0.15) is 0 Å². The molecule has 1 aliphatic carbocycles. The van der Waals surface area contributed by atoms with Crippen molar-refractivity contribution < 1.29 is 9.90 Å². The minimum atomic E-state index is -0.232. The third-order valence-electron chi connectivity index (χ3n) is 4.55. The van der Waals surface area contributed by atoms with Gasteiger partial charge < -0.3 is 15.4 Å². The number of fused-ring (bicyclic) bond motifs is 1. The number of aliphatic hydroxyl groups excluding tert-OH is 1. The normalized spacial score (nSPS) is 21.4. The number of aromatic nitrogens is 2. The van der Waals surface area contributed by atoms with Crippen molar-refractivity contribution >= 4 is 28.3 Å². The number of carbonyl (C=O) groups is 1. The van der Waals surface area contributed by atoms with Crippen LogP contribution in [0.25, 0.3) is 11.0 Å². The number of carbonyl (C=O) groups excluding carboxylic acids is 1. The lowest BCUT2D eigenvalue weighted by molar-refractivity contribution is -0.122. The van der Waals surface area contributed by atoms with Gasteiger partial charge in [0.25, 0.3) is 0 Å². The molecule has 124 valence electrons. The van der Waals surface area contributed by atoms with Gasteiger partial charge in [-0.1, -0.05) is 18.2 Å². The Kier molecular flexibility index (Phi) is 4.08. The first-order valence-corrected chi connectivity index (χ1v) is 9.01. The molecule has 3 aromatic rings. The molecule has 6 heteroatoms. The maximum absolute atomic E-state index is 12.5. The Morgan fingerprint density at radius 1 is 1.33 bits per heavy atom. The smallest absolute Gasteiger partial charge is 0.228 e. The Labute approximate surface area is 143 Å². The predicted octanol–water partition coefficient (Wildman–Crippen LogP) is 2.80. The fourth-order valence-corrected chi connectivity index (χ4v) is 4.13. The van der Waals surface area contributed by atoms with Crippen molar-refractivity contribution in [3.8, 4) is 0 Å². The maximum Gasteiger partial charge on any atom is 0.228 e.